The molecular weight excluding hydrogens is 497 g/mol. The zero-order valence-electron chi connectivity index (χ0n) is 20.6. The van der Waals surface area contributed by atoms with Crippen molar-refractivity contribution in [3.63, 3.8) is 0 Å². The minimum Gasteiger partial charge on any atom is -0.379 e. The van der Waals surface area contributed by atoms with Gasteiger partial charge in [0.05, 0.1) is 22.8 Å². The summed E-state index contributed by atoms with van der Waals surface area (Å²) in [4.78, 5) is 35.6. The fourth-order valence-electron chi connectivity index (χ4n) is 4.94. The Labute approximate surface area is 218 Å². The van der Waals surface area contributed by atoms with Gasteiger partial charge in [0.2, 0.25) is 0 Å². The average Bonchev–Trinajstić information content (AvgIpc) is 3.37. The number of amides is 1. The Morgan fingerprint density at radius 1 is 1.14 bits per heavy atom. The van der Waals surface area contributed by atoms with E-state index in [1.54, 1.807) is 24.3 Å². The van der Waals surface area contributed by atoms with Crippen LogP contribution in [-0.4, -0.2) is 73.2 Å². The monoisotopic (exact) mass is 527 g/mol. The molecule has 2 aliphatic rings. The van der Waals surface area contributed by atoms with Gasteiger partial charge in [-0.05, 0) is 49.9 Å². The van der Waals surface area contributed by atoms with Crippen LogP contribution in [-0.2, 0) is 4.74 Å². The smallest absolute Gasteiger partial charge is 0.293 e. The number of fused-ring (bicyclic) bond motifs is 1. The summed E-state index contributed by atoms with van der Waals surface area (Å²) < 4.78 is 20.4. The van der Waals surface area contributed by atoms with E-state index in [9.17, 15) is 19.3 Å². The van der Waals surface area contributed by atoms with Crippen LogP contribution in [0.3, 0.4) is 0 Å². The third kappa shape index (κ3) is 5.73. The molecule has 2 fully saturated rings. The van der Waals surface area contributed by atoms with Crippen molar-refractivity contribution in [1.82, 2.24) is 9.88 Å². The van der Waals surface area contributed by atoms with Crippen LogP contribution in [0.5, 0.6) is 0 Å². The van der Waals surface area contributed by atoms with Gasteiger partial charge in [-0.1, -0.05) is 17.4 Å². The number of morpholine rings is 1. The molecule has 37 heavy (non-hydrogen) atoms. The van der Waals surface area contributed by atoms with Gasteiger partial charge in [-0.25, -0.2) is 9.37 Å². The largest absolute Gasteiger partial charge is 0.379 e. The number of piperidine rings is 1. The summed E-state index contributed by atoms with van der Waals surface area (Å²) in [7, 11) is 0. The van der Waals surface area contributed by atoms with Gasteiger partial charge in [-0.15, -0.1) is 0 Å². The first-order chi connectivity index (χ1) is 18.0. The maximum absolute atomic E-state index is 14.4. The lowest BCUT2D eigenvalue weighted by Crippen LogP contribution is -2.39. The molecule has 1 amide bonds. The Morgan fingerprint density at radius 3 is 2.65 bits per heavy atom. The Hall–Kier alpha value is -3.15. The summed E-state index contributed by atoms with van der Waals surface area (Å²) in [6.45, 7) is 5.71. The summed E-state index contributed by atoms with van der Waals surface area (Å²) in [6.07, 6.45) is 3.77. The lowest BCUT2D eigenvalue weighted by Gasteiger charge is -2.29. The third-order valence-electron chi connectivity index (χ3n) is 6.91. The van der Waals surface area contributed by atoms with Gasteiger partial charge in [0, 0.05) is 50.9 Å². The summed E-state index contributed by atoms with van der Waals surface area (Å²) in [5.74, 6) is -0.822. The van der Waals surface area contributed by atoms with E-state index in [2.05, 4.69) is 9.88 Å². The van der Waals surface area contributed by atoms with Crippen molar-refractivity contribution in [2.75, 3.05) is 62.3 Å². The lowest BCUT2D eigenvalue weighted by atomic mass is 10.1. The van der Waals surface area contributed by atoms with E-state index in [0.29, 0.717) is 41.7 Å². The molecule has 0 aliphatic carbocycles. The molecule has 0 radical (unpaired) electrons. The molecule has 0 saturated carbocycles. The van der Waals surface area contributed by atoms with Crippen molar-refractivity contribution in [3.05, 3.63) is 57.9 Å². The van der Waals surface area contributed by atoms with Gasteiger partial charge >= 0.3 is 0 Å². The topological polar surface area (TPSA) is 92.0 Å². The lowest BCUT2D eigenvalue weighted by molar-refractivity contribution is -0.384. The maximum Gasteiger partial charge on any atom is 0.293 e. The van der Waals surface area contributed by atoms with E-state index >= 15 is 0 Å². The quantitative estimate of drug-likeness (QED) is 0.310. The van der Waals surface area contributed by atoms with E-state index in [0.717, 1.165) is 52.0 Å². The number of carbonyl (C=O) groups excluding carboxylic acids is 1. The van der Waals surface area contributed by atoms with Crippen LogP contribution >= 0.6 is 11.3 Å². The molecular formula is C26H30FN5O4S. The molecule has 0 spiro atoms. The number of ether oxygens (including phenoxy) is 1. The summed E-state index contributed by atoms with van der Waals surface area (Å²) in [6, 6.07) is 9.44. The van der Waals surface area contributed by atoms with Gasteiger partial charge in [0.1, 0.15) is 17.0 Å². The molecule has 5 rings (SSSR count). The van der Waals surface area contributed by atoms with E-state index in [1.165, 1.54) is 28.4 Å². The third-order valence-corrected chi connectivity index (χ3v) is 7.95. The first-order valence-corrected chi connectivity index (χ1v) is 13.5. The van der Waals surface area contributed by atoms with Gasteiger partial charge in [-0.2, -0.15) is 0 Å². The molecule has 0 bridgehead atoms. The molecule has 0 atom stereocenters. The Morgan fingerprint density at radius 2 is 1.92 bits per heavy atom. The summed E-state index contributed by atoms with van der Waals surface area (Å²) in [5.41, 5.74) is 0.914. The number of carbonyl (C=O) groups is 1. The van der Waals surface area contributed by atoms with Gasteiger partial charge in [-0.3, -0.25) is 24.7 Å². The van der Waals surface area contributed by atoms with Crippen LogP contribution in [0.1, 0.15) is 36.0 Å². The predicted octanol–water partition coefficient (Wildman–Crippen LogP) is 4.70. The second-order valence-corrected chi connectivity index (χ2v) is 10.4. The highest BCUT2D eigenvalue weighted by Crippen LogP contribution is 2.34. The highest BCUT2D eigenvalue weighted by molar-refractivity contribution is 7.22. The molecule has 9 nitrogen and oxygen atoms in total. The Balaban J connectivity index is 1.44. The van der Waals surface area contributed by atoms with Gasteiger partial charge in [0.25, 0.3) is 11.6 Å². The highest BCUT2D eigenvalue weighted by atomic mass is 32.1. The fraction of sp³-hybridized carbons (Fsp3) is 0.462. The number of aromatic nitrogens is 1. The molecule has 0 N–H and O–H groups in total. The Kier molecular flexibility index (Phi) is 7.92. The van der Waals surface area contributed by atoms with Gasteiger partial charge in [0.15, 0.2) is 5.13 Å². The second-order valence-electron chi connectivity index (χ2n) is 9.36. The zero-order chi connectivity index (χ0) is 25.8. The zero-order valence-corrected chi connectivity index (χ0v) is 21.4. The molecule has 0 unspecified atom stereocenters. The standard InChI is InChI=1S/C26H30FN5O4S/c27-20-6-4-7-23-24(20)28-26(37-23)31(13-5-10-29-14-16-36-17-15-29)25(33)19-8-9-21(22(18-19)32(34)35)30-11-2-1-3-12-30/h4,6-9,18H,1-3,5,10-17H2. The first kappa shape index (κ1) is 25.5. The van der Waals surface area contributed by atoms with Gasteiger partial charge < -0.3 is 9.64 Å². The number of nitro groups is 1. The van der Waals surface area contributed by atoms with E-state index in [4.69, 9.17) is 4.74 Å². The number of anilines is 2. The summed E-state index contributed by atoms with van der Waals surface area (Å²) in [5, 5.41) is 12.4. The van der Waals surface area contributed by atoms with Crippen LogP contribution in [0.15, 0.2) is 36.4 Å². The van der Waals surface area contributed by atoms with E-state index in [1.807, 2.05) is 4.90 Å². The number of nitro benzene ring substituents is 1. The van der Waals surface area contributed by atoms with Crippen LogP contribution in [0, 0.1) is 15.9 Å². The first-order valence-electron chi connectivity index (χ1n) is 12.7. The molecule has 11 heteroatoms. The number of halogens is 1. The minimum atomic E-state index is -0.442. The van der Waals surface area contributed by atoms with E-state index in [-0.39, 0.29) is 22.7 Å². The predicted molar refractivity (Wildman–Crippen MR) is 142 cm³/mol. The van der Waals surface area contributed by atoms with Crippen LogP contribution < -0.4 is 9.80 Å². The maximum atomic E-state index is 14.4. The molecule has 3 heterocycles. The normalized spacial score (nSPS) is 16.7. The van der Waals surface area contributed by atoms with E-state index < -0.39 is 10.7 Å². The molecule has 3 aromatic rings. The Bertz CT molecular complexity index is 1270. The van der Waals surface area contributed by atoms with Crippen molar-refractivity contribution in [3.8, 4) is 0 Å². The molecule has 196 valence electrons. The molecule has 1 aromatic heterocycles. The SMILES string of the molecule is O=C(c1ccc(N2CCCCC2)c([N+](=O)[O-])c1)N(CCCN1CCOCC1)c1nc2c(F)cccc2s1. The number of thiazole rings is 1. The highest BCUT2D eigenvalue weighted by Gasteiger charge is 2.27. The van der Waals surface area contributed by atoms with Crippen molar-refractivity contribution in [2.24, 2.45) is 0 Å². The average molecular weight is 528 g/mol. The number of hydrogen-bond acceptors (Lipinski definition) is 8. The van der Waals surface area contributed by atoms with Crippen LogP contribution in [0.2, 0.25) is 0 Å². The van der Waals surface area contributed by atoms with Crippen molar-refractivity contribution < 1.29 is 18.8 Å². The number of hydrogen-bond donors (Lipinski definition) is 0. The van der Waals surface area contributed by atoms with Crippen molar-refractivity contribution in [1.29, 1.82) is 0 Å². The van der Waals surface area contributed by atoms with Crippen molar-refractivity contribution >= 4 is 44.0 Å². The number of benzene rings is 2. The number of nitrogens with zero attached hydrogens (tertiary/aromatic N) is 5. The fourth-order valence-corrected chi connectivity index (χ4v) is 5.95. The molecule has 2 aromatic carbocycles. The van der Waals surface area contributed by atoms with Crippen LogP contribution in [0.25, 0.3) is 10.2 Å². The number of para-hydroxylation sites is 1. The number of rotatable bonds is 8. The minimum absolute atomic E-state index is 0.0728. The van der Waals surface area contributed by atoms with Crippen molar-refractivity contribution in [2.45, 2.75) is 25.7 Å². The molecule has 2 aliphatic heterocycles. The van der Waals surface area contributed by atoms with Crippen LogP contribution in [0.4, 0.5) is 20.9 Å². The summed E-state index contributed by atoms with van der Waals surface area (Å²) >= 11 is 1.24. The molecule has 2 saturated heterocycles. The second kappa shape index (κ2) is 11.5.